The molecule has 1 rings (SSSR count). The van der Waals surface area contributed by atoms with Gasteiger partial charge in [0.2, 0.25) is 11.8 Å². The molecule has 2 amide bonds. The van der Waals surface area contributed by atoms with Crippen molar-refractivity contribution in [1.82, 2.24) is 10.2 Å². The van der Waals surface area contributed by atoms with Crippen LogP contribution in [0.15, 0.2) is 0 Å². The quantitative estimate of drug-likeness (QED) is 0.394. The van der Waals surface area contributed by atoms with Gasteiger partial charge in [0.15, 0.2) is 0 Å². The van der Waals surface area contributed by atoms with Gasteiger partial charge in [0.05, 0.1) is 6.61 Å². The number of nitrogens with zero attached hydrogens (tertiary/aromatic N) is 1. The van der Waals surface area contributed by atoms with Gasteiger partial charge in [0, 0.05) is 19.4 Å². The number of hydrogen-bond acceptors (Lipinski definition) is 5. The van der Waals surface area contributed by atoms with Gasteiger partial charge in [0.25, 0.3) is 0 Å². The molecule has 1 atom stereocenters. The maximum Gasteiger partial charge on any atom is 0.326 e. The highest BCUT2D eigenvalue weighted by Crippen LogP contribution is 2.18. The van der Waals surface area contributed by atoms with Gasteiger partial charge in [-0.2, -0.15) is 0 Å². The number of nitrogens with one attached hydrogen (secondary N) is 1. The van der Waals surface area contributed by atoms with Crippen LogP contribution < -0.4 is 5.32 Å². The van der Waals surface area contributed by atoms with Crippen molar-refractivity contribution >= 4 is 17.8 Å². The minimum atomic E-state index is -0.705. The summed E-state index contributed by atoms with van der Waals surface area (Å²) in [6, 6.07) is 0. The van der Waals surface area contributed by atoms with Gasteiger partial charge in [-0.05, 0) is 39.7 Å². The molecular weight excluding hydrogens is 272 g/mol. The fourth-order valence-corrected chi connectivity index (χ4v) is 2.56. The fraction of sp³-hybridized carbons (Fsp3) is 0.800. The van der Waals surface area contributed by atoms with Gasteiger partial charge >= 0.3 is 5.97 Å². The Kier molecular flexibility index (Phi) is 6.81. The van der Waals surface area contributed by atoms with Crippen molar-refractivity contribution in [3.8, 4) is 0 Å². The molecule has 0 aromatic heterocycles. The predicted octanol–water partition coefficient (Wildman–Crippen LogP) is 1.24. The fourth-order valence-electron chi connectivity index (χ4n) is 2.56. The van der Waals surface area contributed by atoms with Crippen molar-refractivity contribution in [3.05, 3.63) is 0 Å². The second-order valence-electron chi connectivity index (χ2n) is 5.48. The summed E-state index contributed by atoms with van der Waals surface area (Å²) in [4.78, 5) is 36.3. The summed E-state index contributed by atoms with van der Waals surface area (Å²) in [5.74, 6) is -0.417. The standard InChI is InChI=1S/C15H26N2O4/c1-4-16-15(3,14(20)21-5-2)10-6-7-11-17-12(18)8-9-13(17)19/h16H,4-11H2,1-3H3. The van der Waals surface area contributed by atoms with Crippen molar-refractivity contribution < 1.29 is 19.1 Å². The normalized spacial score (nSPS) is 18.0. The molecule has 0 saturated carbocycles. The monoisotopic (exact) mass is 298 g/mol. The molecule has 1 aliphatic heterocycles. The molecule has 1 N–H and O–H groups in total. The highest BCUT2D eigenvalue weighted by Gasteiger charge is 2.33. The van der Waals surface area contributed by atoms with Gasteiger partial charge in [-0.1, -0.05) is 6.92 Å². The zero-order valence-electron chi connectivity index (χ0n) is 13.2. The molecule has 1 fully saturated rings. The Morgan fingerprint density at radius 1 is 1.24 bits per heavy atom. The molecule has 0 bridgehead atoms. The number of carbonyl (C=O) groups is 3. The van der Waals surface area contributed by atoms with Crippen LogP contribution in [0.5, 0.6) is 0 Å². The Morgan fingerprint density at radius 3 is 2.38 bits per heavy atom. The first-order chi connectivity index (χ1) is 9.94. The van der Waals surface area contributed by atoms with Crippen LogP contribution in [0.1, 0.15) is 52.9 Å². The van der Waals surface area contributed by atoms with E-state index in [1.807, 2.05) is 13.8 Å². The maximum absolute atomic E-state index is 12.0. The van der Waals surface area contributed by atoms with Crippen LogP contribution in [0, 0.1) is 0 Å². The molecule has 1 saturated heterocycles. The first-order valence-electron chi connectivity index (χ1n) is 7.70. The van der Waals surface area contributed by atoms with Crippen LogP contribution in [0.3, 0.4) is 0 Å². The Bertz CT molecular complexity index is 381. The Morgan fingerprint density at radius 2 is 1.86 bits per heavy atom. The van der Waals surface area contributed by atoms with E-state index in [0.717, 1.165) is 6.42 Å². The zero-order valence-corrected chi connectivity index (χ0v) is 13.2. The minimum Gasteiger partial charge on any atom is -0.465 e. The van der Waals surface area contributed by atoms with Gasteiger partial charge in [-0.25, -0.2) is 0 Å². The van der Waals surface area contributed by atoms with Crippen LogP contribution in [-0.4, -0.2) is 47.9 Å². The summed E-state index contributed by atoms with van der Waals surface area (Å²) >= 11 is 0. The molecule has 0 spiro atoms. The lowest BCUT2D eigenvalue weighted by Gasteiger charge is -2.28. The molecule has 0 aromatic carbocycles. The number of likely N-dealkylation sites (tertiary alicyclic amines) is 1. The number of ether oxygens (including phenoxy) is 1. The first kappa shape index (κ1) is 17.6. The maximum atomic E-state index is 12.0. The third kappa shape index (κ3) is 4.81. The zero-order chi connectivity index (χ0) is 15.9. The lowest BCUT2D eigenvalue weighted by molar-refractivity contribution is -0.151. The van der Waals surface area contributed by atoms with E-state index >= 15 is 0 Å². The molecule has 1 heterocycles. The van der Waals surface area contributed by atoms with Crippen LogP contribution >= 0.6 is 0 Å². The van der Waals surface area contributed by atoms with E-state index in [0.29, 0.717) is 45.4 Å². The highest BCUT2D eigenvalue weighted by molar-refractivity contribution is 6.01. The number of amides is 2. The number of hydrogen-bond donors (Lipinski definition) is 1. The second-order valence-corrected chi connectivity index (χ2v) is 5.48. The lowest BCUT2D eigenvalue weighted by Crippen LogP contribution is -2.50. The number of imide groups is 1. The summed E-state index contributed by atoms with van der Waals surface area (Å²) in [5, 5.41) is 3.17. The smallest absolute Gasteiger partial charge is 0.326 e. The number of likely N-dealkylation sites (N-methyl/N-ethyl adjacent to an activating group) is 1. The van der Waals surface area contributed by atoms with Crippen molar-refractivity contribution in [2.75, 3.05) is 19.7 Å². The SMILES string of the molecule is CCNC(C)(CCCCN1C(=O)CCC1=O)C(=O)OCC. The van der Waals surface area contributed by atoms with Gasteiger partial charge in [0.1, 0.15) is 5.54 Å². The highest BCUT2D eigenvalue weighted by atomic mass is 16.5. The van der Waals surface area contributed by atoms with E-state index in [2.05, 4.69) is 5.32 Å². The minimum absolute atomic E-state index is 0.0835. The average Bonchev–Trinajstić information content (AvgIpc) is 2.75. The third-order valence-corrected chi connectivity index (χ3v) is 3.76. The van der Waals surface area contributed by atoms with Gasteiger partial charge in [-0.15, -0.1) is 0 Å². The molecule has 0 aliphatic carbocycles. The summed E-state index contributed by atoms with van der Waals surface area (Å²) in [6.45, 7) is 7.05. The molecule has 0 aromatic rings. The Labute approximate surface area is 126 Å². The summed E-state index contributed by atoms with van der Waals surface area (Å²) in [6.07, 6.45) is 2.74. The largest absolute Gasteiger partial charge is 0.465 e. The number of esters is 1. The van der Waals surface area contributed by atoms with Crippen LogP contribution in [0.4, 0.5) is 0 Å². The van der Waals surface area contributed by atoms with Crippen molar-refractivity contribution in [2.24, 2.45) is 0 Å². The number of unbranched alkanes of at least 4 members (excludes halogenated alkanes) is 1. The average molecular weight is 298 g/mol. The molecule has 6 heteroatoms. The van der Waals surface area contributed by atoms with Crippen LogP contribution in [0.25, 0.3) is 0 Å². The van der Waals surface area contributed by atoms with Crippen LogP contribution in [-0.2, 0) is 19.1 Å². The van der Waals surface area contributed by atoms with E-state index in [4.69, 9.17) is 4.74 Å². The van der Waals surface area contributed by atoms with E-state index in [1.165, 1.54) is 4.90 Å². The van der Waals surface area contributed by atoms with Gasteiger partial charge < -0.3 is 10.1 Å². The Hall–Kier alpha value is -1.43. The molecular formula is C15H26N2O4. The van der Waals surface area contributed by atoms with Gasteiger partial charge in [-0.3, -0.25) is 19.3 Å². The molecule has 1 unspecified atom stereocenters. The second kappa shape index (κ2) is 8.12. The first-order valence-corrected chi connectivity index (χ1v) is 7.70. The summed E-state index contributed by atoms with van der Waals surface area (Å²) < 4.78 is 5.10. The predicted molar refractivity (Wildman–Crippen MR) is 78.5 cm³/mol. The Balaban J connectivity index is 2.41. The molecule has 1 aliphatic rings. The van der Waals surface area contributed by atoms with Crippen molar-refractivity contribution in [2.45, 2.75) is 58.4 Å². The number of carbonyl (C=O) groups excluding carboxylic acids is 3. The topological polar surface area (TPSA) is 75.7 Å². The van der Waals surface area contributed by atoms with Crippen molar-refractivity contribution in [1.29, 1.82) is 0 Å². The molecule has 0 radical (unpaired) electrons. The van der Waals surface area contributed by atoms with E-state index in [9.17, 15) is 14.4 Å². The van der Waals surface area contributed by atoms with E-state index in [1.54, 1.807) is 6.92 Å². The summed E-state index contributed by atoms with van der Waals surface area (Å²) in [5.41, 5.74) is -0.705. The van der Waals surface area contributed by atoms with Crippen molar-refractivity contribution in [3.63, 3.8) is 0 Å². The number of rotatable bonds is 9. The lowest BCUT2D eigenvalue weighted by atomic mass is 9.94. The molecule has 120 valence electrons. The molecule has 21 heavy (non-hydrogen) atoms. The summed E-state index contributed by atoms with van der Waals surface area (Å²) in [7, 11) is 0. The van der Waals surface area contributed by atoms with E-state index < -0.39 is 5.54 Å². The molecule has 6 nitrogen and oxygen atoms in total. The third-order valence-electron chi connectivity index (χ3n) is 3.76. The van der Waals surface area contributed by atoms with Crippen LogP contribution in [0.2, 0.25) is 0 Å². The van der Waals surface area contributed by atoms with E-state index in [-0.39, 0.29) is 17.8 Å².